The van der Waals surface area contributed by atoms with Gasteiger partial charge in [-0.2, -0.15) is 5.10 Å². The van der Waals surface area contributed by atoms with E-state index >= 15 is 0 Å². The number of hydrogen-bond donors (Lipinski definition) is 0. The lowest BCUT2D eigenvalue weighted by atomic mass is 10.1. The molecule has 6 heteroatoms. The Morgan fingerprint density at radius 1 is 0.875 bits per heavy atom. The van der Waals surface area contributed by atoms with Crippen LogP contribution < -0.4 is 9.80 Å². The number of anilines is 2. The highest BCUT2D eigenvalue weighted by Crippen LogP contribution is 2.28. The van der Waals surface area contributed by atoms with E-state index in [2.05, 4.69) is 25.0 Å². The van der Waals surface area contributed by atoms with Crippen LogP contribution in [-0.2, 0) is 0 Å². The molecule has 0 N–H and O–H groups in total. The predicted molar refractivity (Wildman–Crippen MR) is 92.8 cm³/mol. The number of halogens is 1. The van der Waals surface area contributed by atoms with Gasteiger partial charge >= 0.3 is 0 Å². The molecule has 122 valence electrons. The molecule has 1 aromatic carbocycles. The molecule has 1 saturated heterocycles. The molecular weight excluding hydrogens is 305 g/mol. The predicted octanol–water partition coefficient (Wildman–Crippen LogP) is 2.88. The summed E-state index contributed by atoms with van der Waals surface area (Å²) in [4.78, 5) is 8.74. The fourth-order valence-electron chi connectivity index (χ4n) is 3.25. The summed E-state index contributed by atoms with van der Waals surface area (Å²) in [5.41, 5.74) is 1.48. The minimum Gasteiger partial charge on any atom is -0.369 e. The largest absolute Gasteiger partial charge is 0.369 e. The summed E-state index contributed by atoms with van der Waals surface area (Å²) in [5.74, 6) is 0.635. The van der Waals surface area contributed by atoms with E-state index in [1.54, 1.807) is 18.5 Å². The molecule has 1 fully saturated rings. The molecule has 1 aliphatic rings. The van der Waals surface area contributed by atoms with Crippen molar-refractivity contribution in [2.45, 2.75) is 6.42 Å². The lowest BCUT2D eigenvalue weighted by Gasteiger charge is -2.25. The van der Waals surface area contributed by atoms with E-state index in [-0.39, 0.29) is 5.82 Å². The molecule has 4 rings (SSSR count). The number of para-hydroxylation sites is 1. The molecule has 3 heterocycles. The number of nitrogens with zero attached hydrogens (tertiary/aromatic N) is 5. The lowest BCUT2D eigenvalue weighted by Crippen LogP contribution is -2.31. The first-order valence-corrected chi connectivity index (χ1v) is 8.14. The third-order valence-corrected chi connectivity index (χ3v) is 4.42. The van der Waals surface area contributed by atoms with Crippen LogP contribution in [0.3, 0.4) is 0 Å². The van der Waals surface area contributed by atoms with Gasteiger partial charge in [0.1, 0.15) is 11.3 Å². The van der Waals surface area contributed by atoms with Gasteiger partial charge in [-0.15, -0.1) is 5.10 Å². The average molecular weight is 323 g/mol. The fourth-order valence-corrected chi connectivity index (χ4v) is 3.25. The number of hydrogen-bond acceptors (Lipinski definition) is 5. The first kappa shape index (κ1) is 14.8. The molecule has 24 heavy (non-hydrogen) atoms. The Morgan fingerprint density at radius 2 is 1.75 bits per heavy atom. The molecule has 3 aromatic rings. The average Bonchev–Trinajstić information content (AvgIpc) is 2.89. The van der Waals surface area contributed by atoms with Crippen molar-refractivity contribution in [3.05, 3.63) is 54.6 Å². The summed E-state index contributed by atoms with van der Waals surface area (Å²) in [7, 11) is 0. The van der Waals surface area contributed by atoms with Crippen molar-refractivity contribution in [3.8, 4) is 0 Å². The number of pyridine rings is 1. The summed E-state index contributed by atoms with van der Waals surface area (Å²) in [5, 5.41) is 9.03. The summed E-state index contributed by atoms with van der Waals surface area (Å²) >= 11 is 0. The fraction of sp³-hybridized carbons (Fsp3) is 0.278. The zero-order valence-electron chi connectivity index (χ0n) is 13.3. The van der Waals surface area contributed by atoms with Crippen LogP contribution in [0, 0.1) is 5.82 Å². The van der Waals surface area contributed by atoms with Crippen LogP contribution >= 0.6 is 0 Å². The van der Waals surface area contributed by atoms with Crippen molar-refractivity contribution in [2.75, 3.05) is 36.0 Å². The lowest BCUT2D eigenvalue weighted by molar-refractivity contribution is 0.636. The summed E-state index contributed by atoms with van der Waals surface area (Å²) in [6, 6.07) is 11.0. The third-order valence-electron chi connectivity index (χ3n) is 4.42. The minimum atomic E-state index is -0.273. The van der Waals surface area contributed by atoms with Crippen LogP contribution in [0.2, 0.25) is 0 Å². The van der Waals surface area contributed by atoms with Crippen molar-refractivity contribution in [2.24, 2.45) is 0 Å². The molecule has 0 unspecified atom stereocenters. The van der Waals surface area contributed by atoms with Gasteiger partial charge < -0.3 is 9.80 Å². The second-order valence-electron chi connectivity index (χ2n) is 5.88. The van der Waals surface area contributed by atoms with Crippen molar-refractivity contribution >= 4 is 22.4 Å². The van der Waals surface area contributed by atoms with Gasteiger partial charge in [0.2, 0.25) is 0 Å². The van der Waals surface area contributed by atoms with Crippen molar-refractivity contribution < 1.29 is 4.39 Å². The number of fused-ring (bicyclic) bond motifs is 1. The maximum Gasteiger partial charge on any atom is 0.151 e. The Bertz CT molecular complexity index is 839. The molecule has 1 aliphatic heterocycles. The van der Waals surface area contributed by atoms with Crippen LogP contribution in [0.15, 0.2) is 48.8 Å². The molecule has 0 saturated carbocycles. The van der Waals surface area contributed by atoms with Crippen LogP contribution in [0.1, 0.15) is 6.42 Å². The first-order chi connectivity index (χ1) is 11.8. The first-order valence-electron chi connectivity index (χ1n) is 8.14. The molecule has 0 amide bonds. The Balaban J connectivity index is 1.61. The molecule has 0 spiro atoms. The second kappa shape index (κ2) is 6.39. The van der Waals surface area contributed by atoms with Gasteiger partial charge in [-0.05, 0) is 30.7 Å². The van der Waals surface area contributed by atoms with Crippen LogP contribution in [0.5, 0.6) is 0 Å². The molecule has 0 radical (unpaired) electrons. The van der Waals surface area contributed by atoms with E-state index < -0.39 is 0 Å². The standard InChI is InChI=1S/C18H18FN5/c19-15-5-1-4-14-16(7-9-20-18(14)15)23-10-3-11-24(13-12-23)17-6-2-8-21-22-17/h1-2,4-9H,3,10-13H2. The Labute approximate surface area is 139 Å². The van der Waals surface area contributed by atoms with Gasteiger partial charge in [0.25, 0.3) is 0 Å². The van der Waals surface area contributed by atoms with Crippen molar-refractivity contribution in [1.82, 2.24) is 15.2 Å². The molecule has 0 aliphatic carbocycles. The molecule has 5 nitrogen and oxygen atoms in total. The third kappa shape index (κ3) is 2.75. The van der Waals surface area contributed by atoms with E-state index in [1.807, 2.05) is 24.3 Å². The van der Waals surface area contributed by atoms with Gasteiger partial charge in [0.05, 0.1) is 0 Å². The highest BCUT2D eigenvalue weighted by atomic mass is 19.1. The minimum absolute atomic E-state index is 0.273. The van der Waals surface area contributed by atoms with E-state index in [1.165, 1.54) is 6.07 Å². The van der Waals surface area contributed by atoms with Crippen LogP contribution in [0.25, 0.3) is 10.9 Å². The maximum absolute atomic E-state index is 14.0. The monoisotopic (exact) mass is 323 g/mol. The number of aromatic nitrogens is 3. The Morgan fingerprint density at radius 3 is 2.62 bits per heavy atom. The van der Waals surface area contributed by atoms with Gasteiger partial charge in [-0.1, -0.05) is 12.1 Å². The van der Waals surface area contributed by atoms with E-state index in [4.69, 9.17) is 0 Å². The smallest absolute Gasteiger partial charge is 0.151 e. The van der Waals surface area contributed by atoms with Crippen molar-refractivity contribution in [1.29, 1.82) is 0 Å². The van der Waals surface area contributed by atoms with E-state index in [9.17, 15) is 4.39 Å². The van der Waals surface area contributed by atoms with Gasteiger partial charge in [-0.25, -0.2) is 4.39 Å². The van der Waals surface area contributed by atoms with Crippen LogP contribution in [-0.4, -0.2) is 41.4 Å². The highest BCUT2D eigenvalue weighted by Gasteiger charge is 2.18. The Hall–Kier alpha value is -2.76. The maximum atomic E-state index is 14.0. The van der Waals surface area contributed by atoms with Gasteiger partial charge in [0, 0.05) is 49.6 Å². The Kier molecular flexibility index (Phi) is 3.94. The number of benzene rings is 1. The zero-order chi connectivity index (χ0) is 16.4. The number of rotatable bonds is 2. The summed E-state index contributed by atoms with van der Waals surface area (Å²) in [6.07, 6.45) is 4.38. The quantitative estimate of drug-likeness (QED) is 0.725. The topological polar surface area (TPSA) is 45.2 Å². The molecule has 0 bridgehead atoms. The van der Waals surface area contributed by atoms with E-state index in [0.29, 0.717) is 5.52 Å². The molecule has 0 atom stereocenters. The SMILES string of the molecule is Fc1cccc2c(N3CCCN(c4cccnn4)CC3)ccnc12. The van der Waals surface area contributed by atoms with Crippen LogP contribution in [0.4, 0.5) is 15.9 Å². The zero-order valence-corrected chi connectivity index (χ0v) is 13.3. The highest BCUT2D eigenvalue weighted by molar-refractivity contribution is 5.91. The van der Waals surface area contributed by atoms with Crippen molar-refractivity contribution in [3.63, 3.8) is 0 Å². The molecular formula is C18H18FN5. The van der Waals surface area contributed by atoms with Gasteiger partial charge in [0.15, 0.2) is 5.82 Å². The normalized spacial score (nSPS) is 15.5. The summed E-state index contributed by atoms with van der Waals surface area (Å²) < 4.78 is 14.0. The molecule has 2 aromatic heterocycles. The summed E-state index contributed by atoms with van der Waals surface area (Å²) in [6.45, 7) is 3.57. The van der Waals surface area contributed by atoms with Gasteiger partial charge in [-0.3, -0.25) is 4.98 Å². The second-order valence-corrected chi connectivity index (χ2v) is 5.88. The van der Waals surface area contributed by atoms with E-state index in [0.717, 1.165) is 49.5 Å².